The van der Waals surface area contributed by atoms with E-state index in [4.69, 9.17) is 23.4 Å². The van der Waals surface area contributed by atoms with Gasteiger partial charge in [-0.15, -0.1) is 10.2 Å². The van der Waals surface area contributed by atoms with E-state index in [1.165, 1.54) is 5.56 Å². The van der Waals surface area contributed by atoms with E-state index in [9.17, 15) is 4.79 Å². The molecule has 0 fully saturated rings. The zero-order valence-corrected chi connectivity index (χ0v) is 24.7. The molecule has 45 heavy (non-hydrogen) atoms. The lowest BCUT2D eigenvalue weighted by Crippen LogP contribution is -2.68. The predicted octanol–water partition coefficient (Wildman–Crippen LogP) is 3.49. The second kappa shape index (κ2) is 14.5. The molecule has 224 valence electrons. The number of ether oxygens (including phenoxy) is 1. The van der Waals surface area contributed by atoms with E-state index in [0.29, 0.717) is 17.9 Å². The third kappa shape index (κ3) is 8.70. The number of aromatic nitrogens is 1. The number of esters is 1. The Balaban J connectivity index is 0.000000743. The van der Waals surface area contributed by atoms with Crippen LogP contribution in [0.15, 0.2) is 158 Å². The number of carbonyl (C=O) groups excluding carboxylic acids is 1. The van der Waals surface area contributed by atoms with Gasteiger partial charge in [0.1, 0.15) is 5.75 Å². The highest BCUT2D eigenvalue weighted by Crippen LogP contribution is 2.34. The minimum Gasteiger partial charge on any atom is -0.422 e. The van der Waals surface area contributed by atoms with Crippen molar-refractivity contribution in [2.45, 2.75) is 6.54 Å². The summed E-state index contributed by atoms with van der Waals surface area (Å²) < 4.78 is 42.3. The molecule has 0 aliphatic heterocycles. The molecule has 0 aliphatic carbocycles. The highest BCUT2D eigenvalue weighted by molar-refractivity contribution is 5.92. The van der Waals surface area contributed by atoms with Crippen LogP contribution in [0.3, 0.4) is 0 Å². The Kier molecular flexibility index (Phi) is 10.1. The summed E-state index contributed by atoms with van der Waals surface area (Å²) in [4.78, 5) is 13.1. The van der Waals surface area contributed by atoms with Gasteiger partial charge in [0, 0.05) is 23.3 Å². The summed E-state index contributed by atoms with van der Waals surface area (Å²) in [7, 11) is -4.94. The molecular weight excluding hydrogens is 590 g/mol. The second-order valence-corrected chi connectivity index (χ2v) is 10.7. The van der Waals surface area contributed by atoms with Crippen molar-refractivity contribution >= 4 is 5.97 Å². The van der Waals surface area contributed by atoms with Crippen molar-refractivity contribution in [3.63, 3.8) is 0 Å². The molecule has 0 saturated heterocycles. The molecule has 0 saturated carbocycles. The Morgan fingerprint density at radius 2 is 1.02 bits per heavy atom. The molecule has 1 aromatic heterocycles. The first-order valence-corrected chi connectivity index (χ1v) is 15.2. The van der Waals surface area contributed by atoms with Crippen LogP contribution in [-0.4, -0.2) is 5.97 Å². The molecular formula is C37H28ClNO6. The fourth-order valence-corrected chi connectivity index (χ4v) is 4.93. The molecule has 7 nitrogen and oxygen atoms in total. The number of rotatable bonds is 7. The first-order chi connectivity index (χ1) is 21.8. The fraction of sp³-hybridized carbons (Fsp3) is 0.0270. The minimum atomic E-state index is -4.94. The maximum atomic E-state index is 13.1. The lowest BCUT2D eigenvalue weighted by molar-refractivity contribution is -2.00. The number of benzene rings is 5. The number of hydrogen-bond acceptors (Lipinski definition) is 6. The Hall–Kier alpha value is -5.15. The van der Waals surface area contributed by atoms with Crippen LogP contribution in [-0.2, 0) is 6.54 Å². The summed E-state index contributed by atoms with van der Waals surface area (Å²) in [6.45, 7) is 0.649. The molecule has 1 heterocycles. The van der Waals surface area contributed by atoms with Gasteiger partial charge in [-0.05, 0) is 47.5 Å². The van der Waals surface area contributed by atoms with Crippen molar-refractivity contribution in [1.82, 2.24) is 0 Å². The van der Waals surface area contributed by atoms with Gasteiger partial charge in [0.05, 0.1) is 11.1 Å². The maximum absolute atomic E-state index is 13.1. The molecule has 0 N–H and O–H groups in total. The molecule has 0 unspecified atom stereocenters. The highest BCUT2D eigenvalue weighted by Gasteiger charge is 2.26. The van der Waals surface area contributed by atoms with Crippen molar-refractivity contribution in [3.8, 4) is 39.4 Å². The molecule has 0 amide bonds. The third-order valence-electron chi connectivity index (χ3n) is 6.90. The SMILES string of the molecule is O=C(Oc1ccccc1-c1cc(-c2ccccc2)cc(-c2ccccc2)[n+]1Cc1ccccc1)c1ccccc1.[O-][Cl+3]([O-])([O-])[O-]. The highest BCUT2D eigenvalue weighted by atomic mass is 35.7. The van der Waals surface area contributed by atoms with E-state index in [2.05, 4.69) is 89.5 Å². The van der Waals surface area contributed by atoms with Gasteiger partial charge in [-0.1, -0.05) is 109 Å². The summed E-state index contributed by atoms with van der Waals surface area (Å²) in [5.74, 6) is 0.132. The Morgan fingerprint density at radius 3 is 1.62 bits per heavy atom. The quantitative estimate of drug-likeness (QED) is 0.154. The molecule has 8 heteroatoms. The van der Waals surface area contributed by atoms with Crippen molar-refractivity contribution in [2.24, 2.45) is 0 Å². The van der Waals surface area contributed by atoms with Crippen LogP contribution in [0.5, 0.6) is 5.75 Å². The van der Waals surface area contributed by atoms with Crippen molar-refractivity contribution in [2.75, 3.05) is 0 Å². The van der Waals surface area contributed by atoms with Crippen molar-refractivity contribution in [1.29, 1.82) is 0 Å². The smallest absolute Gasteiger partial charge is 0.343 e. The number of carbonyl (C=O) groups is 1. The number of pyridine rings is 1. The summed E-state index contributed by atoms with van der Waals surface area (Å²) in [6, 6.07) is 52.5. The van der Waals surface area contributed by atoms with E-state index in [1.54, 1.807) is 12.1 Å². The summed E-state index contributed by atoms with van der Waals surface area (Å²) in [6.07, 6.45) is 0. The Labute approximate surface area is 263 Å². The van der Waals surface area contributed by atoms with E-state index in [0.717, 1.165) is 33.6 Å². The molecule has 0 bridgehead atoms. The molecule has 0 aliphatic rings. The molecule has 6 aromatic rings. The summed E-state index contributed by atoms with van der Waals surface area (Å²) in [5.41, 5.74) is 7.88. The van der Waals surface area contributed by atoms with Gasteiger partial charge < -0.3 is 4.74 Å². The summed E-state index contributed by atoms with van der Waals surface area (Å²) in [5, 5.41) is 0. The Morgan fingerprint density at radius 1 is 0.556 bits per heavy atom. The average Bonchev–Trinajstić information content (AvgIpc) is 3.06. The van der Waals surface area contributed by atoms with Crippen LogP contribution >= 0.6 is 0 Å². The predicted molar refractivity (Wildman–Crippen MR) is 160 cm³/mol. The van der Waals surface area contributed by atoms with Gasteiger partial charge in [0.25, 0.3) is 0 Å². The van der Waals surface area contributed by atoms with E-state index >= 15 is 0 Å². The van der Waals surface area contributed by atoms with E-state index in [1.807, 2.05) is 60.7 Å². The number of para-hydroxylation sites is 1. The maximum Gasteiger partial charge on any atom is 0.343 e. The molecule has 0 atom stereocenters. The van der Waals surface area contributed by atoms with Crippen LogP contribution in [0, 0.1) is 10.2 Å². The van der Waals surface area contributed by atoms with Crippen LogP contribution in [0.4, 0.5) is 0 Å². The van der Waals surface area contributed by atoms with E-state index < -0.39 is 10.2 Å². The lowest BCUT2D eigenvalue weighted by Gasteiger charge is -2.17. The first kappa shape index (κ1) is 31.3. The minimum absolute atomic E-state index is 0.384. The molecule has 0 spiro atoms. The average molecular weight is 618 g/mol. The molecule has 6 rings (SSSR count). The van der Waals surface area contributed by atoms with Crippen molar-refractivity contribution in [3.05, 3.63) is 169 Å². The topological polar surface area (TPSA) is 122 Å². The zero-order valence-electron chi connectivity index (χ0n) is 24.0. The summed E-state index contributed by atoms with van der Waals surface area (Å²) >= 11 is 0. The number of hydrogen-bond donors (Lipinski definition) is 0. The standard InChI is InChI=1S/C37H28NO2.ClHO4/c39-37(31-21-11-4-12-22-31)40-36-24-14-13-23-33(36)35-26-32(29-17-7-2-8-18-29)25-34(30-19-9-3-10-20-30)38(35)27-28-15-5-1-6-16-28;2-1(3,4)5/h1-26H,27H2;(H,2,3,4,5)/q+1;/p-1. The van der Waals surface area contributed by atoms with Crippen LogP contribution in [0.2, 0.25) is 0 Å². The van der Waals surface area contributed by atoms with Gasteiger partial charge >= 0.3 is 5.97 Å². The van der Waals surface area contributed by atoms with Crippen LogP contribution < -0.4 is 27.9 Å². The van der Waals surface area contributed by atoms with Gasteiger partial charge in [0.2, 0.25) is 11.4 Å². The van der Waals surface area contributed by atoms with Crippen molar-refractivity contribution < 1.29 is 43.0 Å². The Bertz CT molecular complexity index is 1840. The van der Waals surface area contributed by atoms with Crippen LogP contribution in [0.25, 0.3) is 33.6 Å². The zero-order chi connectivity index (χ0) is 31.6. The number of halogens is 1. The lowest BCUT2D eigenvalue weighted by atomic mass is 9.98. The largest absolute Gasteiger partial charge is 0.422 e. The fourth-order valence-electron chi connectivity index (χ4n) is 4.93. The van der Waals surface area contributed by atoms with E-state index in [-0.39, 0.29) is 5.97 Å². The number of nitrogens with zero attached hydrogens (tertiary/aromatic N) is 1. The monoisotopic (exact) mass is 617 g/mol. The van der Waals surface area contributed by atoms with Gasteiger partial charge in [-0.3, -0.25) is 0 Å². The third-order valence-corrected chi connectivity index (χ3v) is 6.90. The molecule has 5 aromatic carbocycles. The normalized spacial score (nSPS) is 10.8. The van der Waals surface area contributed by atoms with Crippen LogP contribution in [0.1, 0.15) is 15.9 Å². The molecule has 0 radical (unpaired) electrons. The first-order valence-electron chi connectivity index (χ1n) is 14.0. The van der Waals surface area contributed by atoms with Gasteiger partial charge in [-0.2, -0.15) is 4.57 Å². The van der Waals surface area contributed by atoms with Gasteiger partial charge in [0.15, 0.2) is 6.54 Å². The van der Waals surface area contributed by atoms with Gasteiger partial charge in [-0.25, -0.2) is 23.4 Å². The second-order valence-electron chi connectivity index (χ2n) is 9.95.